The molecule has 0 saturated heterocycles. The lowest BCUT2D eigenvalue weighted by Crippen LogP contribution is -2.43. The van der Waals surface area contributed by atoms with Crippen LogP contribution in [0.25, 0.3) is 0 Å². The van der Waals surface area contributed by atoms with Crippen LogP contribution in [0.3, 0.4) is 0 Å². The Bertz CT molecular complexity index is 359. The number of carbonyl (C=O) groups is 1. The van der Waals surface area contributed by atoms with Crippen LogP contribution in [0, 0.1) is 17.8 Å². The topological polar surface area (TPSA) is 46.5 Å². The Morgan fingerprint density at radius 1 is 1.32 bits per heavy atom. The maximum Gasteiger partial charge on any atom is 0.191 e. The van der Waals surface area contributed by atoms with Crippen LogP contribution in [-0.4, -0.2) is 31.9 Å². The van der Waals surface area contributed by atoms with E-state index in [1.165, 1.54) is 0 Å². The molecule has 2 aliphatic carbocycles. The molecule has 2 rings (SSSR count). The average molecular weight is 284 g/mol. The standard InChI is InChI=1S/C15H28O3Si/c1-15(2,3)19(4,5)18-9-13-12-8-11(16)6-10(12)7-14(13)17/h10,12-14,17H,6-9H2,1-5H3/t10-,12-,13+,14+/m0/s1. The molecule has 3 nitrogen and oxygen atoms in total. The smallest absolute Gasteiger partial charge is 0.191 e. The third kappa shape index (κ3) is 2.95. The summed E-state index contributed by atoms with van der Waals surface area (Å²) >= 11 is 0. The lowest BCUT2D eigenvalue weighted by molar-refractivity contribution is -0.118. The summed E-state index contributed by atoms with van der Waals surface area (Å²) in [5.74, 6) is 1.33. The molecule has 1 N–H and O–H groups in total. The molecule has 0 radical (unpaired) electrons. The van der Waals surface area contributed by atoms with Crippen LogP contribution in [0.15, 0.2) is 0 Å². The highest BCUT2D eigenvalue weighted by molar-refractivity contribution is 6.74. The first-order chi connectivity index (χ1) is 8.62. The van der Waals surface area contributed by atoms with Gasteiger partial charge in [-0.2, -0.15) is 0 Å². The second-order valence-corrected chi connectivity index (χ2v) is 12.7. The summed E-state index contributed by atoms with van der Waals surface area (Å²) in [4.78, 5) is 11.6. The first-order valence-electron chi connectivity index (χ1n) is 7.45. The van der Waals surface area contributed by atoms with Gasteiger partial charge in [0.2, 0.25) is 0 Å². The summed E-state index contributed by atoms with van der Waals surface area (Å²) in [6, 6.07) is 0. The van der Waals surface area contributed by atoms with Crippen LogP contribution in [0.4, 0.5) is 0 Å². The van der Waals surface area contributed by atoms with Gasteiger partial charge in [-0.15, -0.1) is 0 Å². The van der Waals surface area contributed by atoms with Crippen molar-refractivity contribution in [3.8, 4) is 0 Å². The second kappa shape index (κ2) is 4.97. The first-order valence-corrected chi connectivity index (χ1v) is 10.4. The van der Waals surface area contributed by atoms with Crippen LogP contribution in [0.5, 0.6) is 0 Å². The zero-order chi connectivity index (χ0) is 14.4. The Morgan fingerprint density at radius 2 is 1.95 bits per heavy atom. The average Bonchev–Trinajstić information content (AvgIpc) is 2.69. The predicted octanol–water partition coefficient (Wildman–Crippen LogP) is 2.98. The molecule has 0 spiro atoms. The molecular weight excluding hydrogens is 256 g/mol. The van der Waals surface area contributed by atoms with Crippen LogP contribution < -0.4 is 0 Å². The Labute approximate surface area is 117 Å². The second-order valence-electron chi connectivity index (χ2n) is 7.91. The number of carbonyl (C=O) groups excluding carboxylic acids is 1. The first kappa shape index (κ1) is 15.2. The van der Waals surface area contributed by atoms with E-state index in [1.54, 1.807) is 0 Å². The van der Waals surface area contributed by atoms with E-state index < -0.39 is 8.32 Å². The summed E-state index contributed by atoms with van der Waals surface area (Å²) in [6.07, 6.45) is 1.86. The van der Waals surface area contributed by atoms with Gasteiger partial charge in [-0.1, -0.05) is 20.8 Å². The molecule has 0 bridgehead atoms. The van der Waals surface area contributed by atoms with Gasteiger partial charge in [0.25, 0.3) is 0 Å². The van der Waals surface area contributed by atoms with E-state index >= 15 is 0 Å². The minimum Gasteiger partial charge on any atom is -0.416 e. The van der Waals surface area contributed by atoms with Gasteiger partial charge in [0.15, 0.2) is 8.32 Å². The largest absolute Gasteiger partial charge is 0.416 e. The highest BCUT2D eigenvalue weighted by Crippen LogP contribution is 2.47. The fraction of sp³-hybridized carbons (Fsp3) is 0.933. The van der Waals surface area contributed by atoms with Gasteiger partial charge >= 0.3 is 0 Å². The summed E-state index contributed by atoms with van der Waals surface area (Å²) in [5.41, 5.74) is 0. The van der Waals surface area contributed by atoms with Crippen LogP contribution in [0.1, 0.15) is 40.0 Å². The summed E-state index contributed by atoms with van der Waals surface area (Å²) in [6.45, 7) is 11.8. The van der Waals surface area contributed by atoms with Crippen molar-refractivity contribution in [2.24, 2.45) is 17.8 Å². The molecule has 0 amide bonds. The molecule has 2 fully saturated rings. The maximum atomic E-state index is 11.6. The van der Waals surface area contributed by atoms with E-state index in [4.69, 9.17) is 4.43 Å². The molecule has 4 heteroatoms. The third-order valence-electron chi connectivity index (χ3n) is 5.59. The van der Waals surface area contributed by atoms with Gasteiger partial charge in [0, 0.05) is 25.4 Å². The molecule has 2 saturated carbocycles. The molecule has 0 unspecified atom stereocenters. The number of fused-ring (bicyclic) bond motifs is 1. The van der Waals surface area contributed by atoms with Crippen molar-refractivity contribution >= 4 is 14.1 Å². The van der Waals surface area contributed by atoms with Crippen molar-refractivity contribution in [3.05, 3.63) is 0 Å². The van der Waals surface area contributed by atoms with Gasteiger partial charge in [0.1, 0.15) is 5.78 Å². The monoisotopic (exact) mass is 284 g/mol. The van der Waals surface area contributed by atoms with Gasteiger partial charge in [-0.05, 0) is 36.4 Å². The fourth-order valence-corrected chi connectivity index (χ4v) is 4.28. The van der Waals surface area contributed by atoms with E-state index in [0.717, 1.165) is 6.42 Å². The van der Waals surface area contributed by atoms with E-state index in [-0.39, 0.29) is 17.1 Å². The minimum absolute atomic E-state index is 0.172. The van der Waals surface area contributed by atoms with Crippen LogP contribution in [0.2, 0.25) is 18.1 Å². The third-order valence-corrected chi connectivity index (χ3v) is 10.1. The number of Topliss-reactive ketones (excluding diaryl/α,β-unsaturated/α-hetero) is 1. The molecular formula is C15H28O3Si. The van der Waals surface area contributed by atoms with E-state index in [9.17, 15) is 9.90 Å². The fourth-order valence-electron chi connectivity index (χ4n) is 3.24. The number of hydrogen-bond donors (Lipinski definition) is 1. The zero-order valence-electron chi connectivity index (χ0n) is 12.9. The van der Waals surface area contributed by atoms with E-state index in [0.29, 0.717) is 37.1 Å². The normalized spacial score (nSPS) is 35.8. The number of aliphatic hydroxyl groups is 1. The number of rotatable bonds is 3. The van der Waals surface area contributed by atoms with E-state index in [1.807, 2.05) is 0 Å². The van der Waals surface area contributed by atoms with Crippen molar-refractivity contribution in [1.29, 1.82) is 0 Å². The number of ketones is 1. The van der Waals surface area contributed by atoms with Crippen molar-refractivity contribution < 1.29 is 14.3 Å². The molecule has 110 valence electrons. The summed E-state index contributed by atoms with van der Waals surface area (Å²) < 4.78 is 6.26. The SMILES string of the molecule is CC(C)(C)[Si](C)(C)OC[C@@H]1[C@H]2CC(=O)C[C@H]2C[C@H]1O. The molecule has 2 aliphatic rings. The molecule has 0 aliphatic heterocycles. The molecule has 4 atom stereocenters. The lowest BCUT2D eigenvalue weighted by atomic mass is 9.92. The summed E-state index contributed by atoms with van der Waals surface area (Å²) in [5, 5.41) is 10.4. The molecule has 0 aromatic rings. The molecule has 0 aromatic heterocycles. The zero-order valence-corrected chi connectivity index (χ0v) is 13.9. The Kier molecular flexibility index (Phi) is 3.98. The quantitative estimate of drug-likeness (QED) is 0.810. The maximum absolute atomic E-state index is 11.6. The van der Waals surface area contributed by atoms with Gasteiger partial charge < -0.3 is 9.53 Å². The van der Waals surface area contributed by atoms with Crippen molar-refractivity contribution in [2.75, 3.05) is 6.61 Å². The van der Waals surface area contributed by atoms with E-state index in [2.05, 4.69) is 33.9 Å². The molecule has 0 aromatic carbocycles. The minimum atomic E-state index is -1.76. The highest BCUT2D eigenvalue weighted by Gasteiger charge is 2.48. The van der Waals surface area contributed by atoms with Crippen LogP contribution >= 0.6 is 0 Å². The summed E-state index contributed by atoms with van der Waals surface area (Å²) in [7, 11) is -1.76. The Balaban J connectivity index is 1.97. The van der Waals surface area contributed by atoms with Crippen molar-refractivity contribution in [2.45, 2.75) is 64.3 Å². The van der Waals surface area contributed by atoms with Crippen LogP contribution in [-0.2, 0) is 9.22 Å². The van der Waals surface area contributed by atoms with Gasteiger partial charge in [0.05, 0.1) is 6.10 Å². The van der Waals surface area contributed by atoms with Crippen molar-refractivity contribution in [1.82, 2.24) is 0 Å². The van der Waals surface area contributed by atoms with Crippen molar-refractivity contribution in [3.63, 3.8) is 0 Å². The lowest BCUT2D eigenvalue weighted by Gasteiger charge is -2.37. The Hall–Kier alpha value is -0.193. The number of hydrogen-bond acceptors (Lipinski definition) is 3. The van der Waals surface area contributed by atoms with Gasteiger partial charge in [-0.25, -0.2) is 0 Å². The molecule has 19 heavy (non-hydrogen) atoms. The number of aliphatic hydroxyl groups excluding tert-OH is 1. The van der Waals surface area contributed by atoms with Gasteiger partial charge in [-0.3, -0.25) is 4.79 Å². The Morgan fingerprint density at radius 3 is 2.53 bits per heavy atom. The molecule has 0 heterocycles. The highest BCUT2D eigenvalue weighted by atomic mass is 28.4. The predicted molar refractivity (Wildman–Crippen MR) is 78.5 cm³/mol.